The van der Waals surface area contributed by atoms with Crippen LogP contribution in [0.5, 0.6) is 0 Å². The van der Waals surface area contributed by atoms with Crippen LogP contribution in [0.2, 0.25) is 0 Å². The van der Waals surface area contributed by atoms with Gasteiger partial charge in [0.1, 0.15) is 0 Å². The van der Waals surface area contributed by atoms with Crippen LogP contribution in [0.4, 0.5) is 0 Å². The second-order valence-corrected chi connectivity index (χ2v) is 7.60. The van der Waals surface area contributed by atoms with E-state index < -0.39 is 12.6 Å². The zero-order valence-corrected chi connectivity index (χ0v) is 18.4. The second-order valence-electron chi connectivity index (χ2n) is 5.25. The molecule has 3 nitrogen and oxygen atoms in total. The Morgan fingerprint density at radius 1 is 0.680 bits per heavy atom. The zero-order chi connectivity index (χ0) is 18.1. The van der Waals surface area contributed by atoms with E-state index in [1.165, 1.54) is 0 Å². The maximum absolute atomic E-state index is 6.03. The molecule has 0 aliphatic carbocycles. The number of halogens is 2. The fourth-order valence-corrected chi connectivity index (χ4v) is 3.12. The minimum atomic E-state index is -0.445. The molecule has 0 bridgehead atoms. The molecule has 2 rings (SSSR count). The first kappa shape index (κ1) is 21.3. The fourth-order valence-electron chi connectivity index (χ4n) is 2.25. The van der Waals surface area contributed by atoms with Gasteiger partial charge in [0.15, 0.2) is 12.6 Å². The average Bonchev–Trinajstić information content (AvgIpc) is 2.59. The predicted molar refractivity (Wildman–Crippen MR) is 114 cm³/mol. The summed E-state index contributed by atoms with van der Waals surface area (Å²) in [5.41, 5.74) is 2.23. The van der Waals surface area contributed by atoms with Crippen molar-refractivity contribution in [1.82, 2.24) is 0 Å². The van der Waals surface area contributed by atoms with E-state index in [0.29, 0.717) is 12.8 Å². The molecular weight excluding hydrogens is 488 g/mol. The van der Waals surface area contributed by atoms with Crippen LogP contribution >= 0.6 is 57.1 Å². The summed E-state index contributed by atoms with van der Waals surface area (Å²) in [6.07, 6.45) is 0.333. The molecule has 0 saturated carbocycles. The van der Waals surface area contributed by atoms with Gasteiger partial charge in [0.2, 0.25) is 0 Å². The predicted octanol–water partition coefficient (Wildman–Crippen LogP) is 5.47. The van der Waals surface area contributed by atoms with Crippen molar-refractivity contribution in [2.24, 2.45) is 0 Å². The van der Waals surface area contributed by atoms with Gasteiger partial charge in [0.25, 0.3) is 0 Å². The first-order chi connectivity index (χ1) is 12.1. The van der Waals surface area contributed by atoms with Gasteiger partial charge in [0.05, 0.1) is 11.9 Å². The largest absolute Gasteiger partial charge is 0.342 e. The van der Waals surface area contributed by atoms with Crippen LogP contribution in [-0.4, -0.2) is 24.5 Å². The van der Waals surface area contributed by atoms with Crippen molar-refractivity contribution in [3.8, 4) is 0 Å². The minimum Gasteiger partial charge on any atom is -0.342 e. The van der Waals surface area contributed by atoms with E-state index in [9.17, 15) is 0 Å². The number of hydrogen-bond acceptors (Lipinski definition) is 5. The highest BCUT2D eigenvalue weighted by atomic mass is 79.9. The average molecular weight is 508 g/mol. The van der Waals surface area contributed by atoms with Crippen molar-refractivity contribution in [1.29, 1.82) is 0 Å². The molecule has 2 aromatic carbocycles. The van der Waals surface area contributed by atoms with Crippen molar-refractivity contribution in [2.45, 2.75) is 25.4 Å². The molecule has 0 saturated heterocycles. The highest BCUT2D eigenvalue weighted by molar-refractivity contribution is 9.10. The third-order valence-electron chi connectivity index (χ3n) is 3.46. The first-order valence-electron chi connectivity index (χ1n) is 7.70. The summed E-state index contributed by atoms with van der Waals surface area (Å²) < 4.78 is 19.4. The summed E-state index contributed by atoms with van der Waals surface area (Å²) in [5, 5.41) is 0. The Morgan fingerprint density at radius 2 is 1.04 bits per heavy atom. The van der Waals surface area contributed by atoms with E-state index in [-0.39, 0.29) is 11.9 Å². The van der Waals surface area contributed by atoms with Crippen LogP contribution < -0.4 is 0 Å². The quantitative estimate of drug-likeness (QED) is 0.329. The number of benzene rings is 2. The van der Waals surface area contributed by atoms with Crippen molar-refractivity contribution in [2.75, 3.05) is 11.9 Å². The molecular formula is C18H20Br2O3S2. The number of hydrogen-bond donors (Lipinski definition) is 2. The molecule has 0 amide bonds. The highest BCUT2D eigenvalue weighted by Gasteiger charge is 2.19. The standard InChI is InChI=1S/C18H20Br2O3S2/c19-15-5-1-13(2-6-15)9-17(21-11-24)23-18(22-12-25)10-14-3-7-16(20)8-4-14/h1-8,17-18,24-25H,9-12H2. The summed E-state index contributed by atoms with van der Waals surface area (Å²) in [5.74, 6) is 0.542. The van der Waals surface area contributed by atoms with Crippen molar-refractivity contribution >= 4 is 57.1 Å². The SMILES string of the molecule is SCOC(Cc1ccc(Br)cc1)OC(Cc1ccc(Br)cc1)OCS. The lowest BCUT2D eigenvalue weighted by Gasteiger charge is -2.24. The summed E-state index contributed by atoms with van der Waals surface area (Å²) in [4.78, 5) is 0. The number of ether oxygens (including phenoxy) is 3. The van der Waals surface area contributed by atoms with E-state index in [0.717, 1.165) is 20.1 Å². The minimum absolute atomic E-state index is 0.271. The van der Waals surface area contributed by atoms with Gasteiger partial charge in [-0.1, -0.05) is 56.1 Å². The van der Waals surface area contributed by atoms with Crippen molar-refractivity contribution in [3.05, 3.63) is 68.6 Å². The lowest BCUT2D eigenvalue weighted by atomic mass is 10.1. The van der Waals surface area contributed by atoms with Crippen molar-refractivity contribution in [3.63, 3.8) is 0 Å². The summed E-state index contributed by atoms with van der Waals surface area (Å²) in [6.45, 7) is 0. The Morgan fingerprint density at radius 3 is 1.36 bits per heavy atom. The molecule has 2 unspecified atom stereocenters. The molecule has 0 N–H and O–H groups in total. The van der Waals surface area contributed by atoms with E-state index in [4.69, 9.17) is 14.2 Å². The van der Waals surface area contributed by atoms with E-state index in [1.54, 1.807) is 0 Å². The molecule has 0 aliphatic heterocycles. The summed E-state index contributed by atoms with van der Waals surface area (Å²) in [7, 11) is 0. The van der Waals surface area contributed by atoms with Gasteiger partial charge < -0.3 is 14.2 Å². The number of rotatable bonds is 10. The topological polar surface area (TPSA) is 27.7 Å². The number of thiol groups is 2. The summed E-state index contributed by atoms with van der Waals surface area (Å²) in [6, 6.07) is 16.1. The van der Waals surface area contributed by atoms with E-state index in [2.05, 4.69) is 57.1 Å². The van der Waals surface area contributed by atoms with Gasteiger partial charge in [-0.2, -0.15) is 25.3 Å². The Balaban J connectivity index is 2.01. The van der Waals surface area contributed by atoms with E-state index in [1.807, 2.05) is 48.5 Å². The molecule has 136 valence electrons. The Hall–Kier alpha value is -0.0200. The van der Waals surface area contributed by atoms with Crippen LogP contribution in [0, 0.1) is 0 Å². The van der Waals surface area contributed by atoms with Gasteiger partial charge in [-0.25, -0.2) is 0 Å². The van der Waals surface area contributed by atoms with Crippen LogP contribution in [0.1, 0.15) is 11.1 Å². The van der Waals surface area contributed by atoms with Crippen molar-refractivity contribution < 1.29 is 14.2 Å². The van der Waals surface area contributed by atoms with Gasteiger partial charge in [0, 0.05) is 21.8 Å². The first-order valence-corrected chi connectivity index (χ1v) is 10.5. The van der Waals surface area contributed by atoms with Crippen LogP contribution in [0.25, 0.3) is 0 Å². The molecule has 7 heteroatoms. The molecule has 0 heterocycles. The third-order valence-corrected chi connectivity index (χ3v) is 4.81. The lowest BCUT2D eigenvalue weighted by Crippen LogP contribution is -2.30. The molecule has 0 fully saturated rings. The smallest absolute Gasteiger partial charge is 0.165 e. The normalized spacial score (nSPS) is 13.6. The van der Waals surface area contributed by atoms with Crippen LogP contribution in [0.15, 0.2) is 57.5 Å². The van der Waals surface area contributed by atoms with Gasteiger partial charge in [-0.05, 0) is 35.4 Å². The molecule has 25 heavy (non-hydrogen) atoms. The Kier molecular flexibility index (Phi) is 9.91. The Bertz CT molecular complexity index is 568. The molecule has 0 aliphatic rings. The lowest BCUT2D eigenvalue weighted by molar-refractivity contribution is -0.231. The van der Waals surface area contributed by atoms with Gasteiger partial charge in [-0.15, -0.1) is 0 Å². The van der Waals surface area contributed by atoms with Gasteiger partial charge >= 0.3 is 0 Å². The fraction of sp³-hybridized carbons (Fsp3) is 0.333. The second kappa shape index (κ2) is 11.6. The summed E-state index contributed by atoms with van der Waals surface area (Å²) >= 11 is 15.2. The Labute approximate surface area is 176 Å². The third kappa shape index (κ3) is 8.03. The van der Waals surface area contributed by atoms with E-state index >= 15 is 0 Å². The van der Waals surface area contributed by atoms with Gasteiger partial charge in [-0.3, -0.25) is 0 Å². The molecule has 0 spiro atoms. The molecule has 2 aromatic rings. The zero-order valence-electron chi connectivity index (χ0n) is 13.5. The maximum Gasteiger partial charge on any atom is 0.165 e. The molecule has 2 atom stereocenters. The monoisotopic (exact) mass is 506 g/mol. The maximum atomic E-state index is 6.03. The van der Waals surface area contributed by atoms with Crippen LogP contribution in [-0.2, 0) is 27.1 Å². The molecule has 0 radical (unpaired) electrons. The van der Waals surface area contributed by atoms with Crippen LogP contribution in [0.3, 0.4) is 0 Å². The highest BCUT2D eigenvalue weighted by Crippen LogP contribution is 2.18. The molecule has 0 aromatic heterocycles.